The zero-order chi connectivity index (χ0) is 28.1. The van der Waals surface area contributed by atoms with Crippen molar-refractivity contribution in [2.45, 2.75) is 43.4 Å². The first-order chi connectivity index (χ1) is 18.4. The molecule has 1 saturated heterocycles. The first kappa shape index (κ1) is 26.5. The largest absolute Gasteiger partial charge is 0.491 e. The predicted octanol–water partition coefficient (Wildman–Crippen LogP) is 2.84. The van der Waals surface area contributed by atoms with Crippen molar-refractivity contribution < 1.29 is 46.5 Å². The van der Waals surface area contributed by atoms with Gasteiger partial charge < -0.3 is 30.1 Å². The quantitative estimate of drug-likeness (QED) is 0.504. The number of halogens is 4. The van der Waals surface area contributed by atoms with E-state index in [1.54, 1.807) is 18.2 Å². The summed E-state index contributed by atoms with van der Waals surface area (Å²) >= 11 is 0. The highest BCUT2D eigenvalue weighted by Crippen LogP contribution is 2.48. The molecular formula is C25H24F4N4O6. The number of hydrogen-bond acceptors (Lipinski definition) is 6. The SMILES string of the molecule is CNC(=O)Nc1ccc2c(c1)CC[C@]21OC(=O)N(CC(=O)N2Cc3cc(F)ccc3OC[C@H]2C(F)(F)F)C1O. The van der Waals surface area contributed by atoms with Crippen molar-refractivity contribution in [3.05, 3.63) is 58.9 Å². The maximum absolute atomic E-state index is 13.9. The van der Waals surface area contributed by atoms with Gasteiger partial charge in [0, 0.05) is 30.3 Å². The number of alkyl halides is 3. The summed E-state index contributed by atoms with van der Waals surface area (Å²) in [7, 11) is 1.45. The Bertz CT molecular complexity index is 1340. The maximum Gasteiger partial charge on any atom is 0.413 e. The van der Waals surface area contributed by atoms with Gasteiger partial charge in [0.1, 0.15) is 24.7 Å². The summed E-state index contributed by atoms with van der Waals surface area (Å²) in [5.74, 6) is -1.84. The molecule has 4 amide bonds. The topological polar surface area (TPSA) is 120 Å². The molecule has 2 aliphatic heterocycles. The molecule has 0 radical (unpaired) electrons. The van der Waals surface area contributed by atoms with Gasteiger partial charge in [-0.15, -0.1) is 0 Å². The zero-order valence-corrected chi connectivity index (χ0v) is 20.5. The Morgan fingerprint density at radius 1 is 1.18 bits per heavy atom. The van der Waals surface area contributed by atoms with Gasteiger partial charge in [0.2, 0.25) is 5.91 Å². The van der Waals surface area contributed by atoms with Gasteiger partial charge in [-0.25, -0.2) is 14.0 Å². The molecule has 1 fully saturated rings. The minimum atomic E-state index is -4.88. The number of aryl methyl sites for hydroxylation is 1. The lowest BCUT2D eigenvalue weighted by Crippen LogP contribution is -2.54. The van der Waals surface area contributed by atoms with Crippen LogP contribution in [0.4, 0.5) is 32.8 Å². The summed E-state index contributed by atoms with van der Waals surface area (Å²) in [5.41, 5.74) is 0.0985. The minimum absolute atomic E-state index is 0.00774. The van der Waals surface area contributed by atoms with E-state index in [0.29, 0.717) is 33.0 Å². The van der Waals surface area contributed by atoms with Gasteiger partial charge in [0.25, 0.3) is 0 Å². The third-order valence-electron chi connectivity index (χ3n) is 7.17. The van der Waals surface area contributed by atoms with Gasteiger partial charge in [-0.05, 0) is 42.3 Å². The van der Waals surface area contributed by atoms with Gasteiger partial charge in [-0.2, -0.15) is 13.2 Å². The number of carbonyl (C=O) groups is 3. The van der Waals surface area contributed by atoms with Gasteiger partial charge in [-0.3, -0.25) is 9.69 Å². The fraction of sp³-hybridized carbons (Fsp3) is 0.400. The third-order valence-corrected chi connectivity index (χ3v) is 7.17. The summed E-state index contributed by atoms with van der Waals surface area (Å²) in [5, 5.41) is 16.2. The van der Waals surface area contributed by atoms with E-state index in [9.17, 15) is 37.1 Å². The molecule has 2 aromatic carbocycles. The van der Waals surface area contributed by atoms with Crippen LogP contribution in [0, 0.1) is 5.82 Å². The summed E-state index contributed by atoms with van der Waals surface area (Å²) in [4.78, 5) is 38.8. The van der Waals surface area contributed by atoms with E-state index in [0.717, 1.165) is 12.1 Å². The number of urea groups is 1. The monoisotopic (exact) mass is 552 g/mol. The number of rotatable bonds is 3. The molecule has 14 heteroatoms. The second-order valence-corrected chi connectivity index (χ2v) is 9.48. The van der Waals surface area contributed by atoms with E-state index in [-0.39, 0.29) is 17.7 Å². The molecule has 10 nitrogen and oxygen atoms in total. The van der Waals surface area contributed by atoms with Crippen LogP contribution < -0.4 is 15.4 Å². The lowest BCUT2D eigenvalue weighted by Gasteiger charge is -2.33. The van der Waals surface area contributed by atoms with Crippen molar-refractivity contribution in [2.24, 2.45) is 0 Å². The molecule has 3 atom stereocenters. The third kappa shape index (κ3) is 4.68. The van der Waals surface area contributed by atoms with Crippen molar-refractivity contribution in [3.63, 3.8) is 0 Å². The summed E-state index contributed by atoms with van der Waals surface area (Å²) in [6.45, 7) is -2.46. The predicted molar refractivity (Wildman–Crippen MR) is 126 cm³/mol. The van der Waals surface area contributed by atoms with Crippen molar-refractivity contribution in [1.29, 1.82) is 0 Å². The summed E-state index contributed by atoms with van der Waals surface area (Å²) < 4.78 is 66.3. The number of carbonyl (C=O) groups excluding carboxylic acids is 3. The number of aliphatic hydroxyl groups is 1. The Balaban J connectivity index is 1.39. The van der Waals surface area contributed by atoms with Crippen LogP contribution in [0.25, 0.3) is 0 Å². The molecule has 5 rings (SSSR count). The van der Waals surface area contributed by atoms with Crippen molar-refractivity contribution in [1.82, 2.24) is 15.1 Å². The normalized spacial score (nSPS) is 24.0. The van der Waals surface area contributed by atoms with Crippen LogP contribution in [0.2, 0.25) is 0 Å². The molecule has 0 saturated carbocycles. The molecule has 2 aromatic rings. The van der Waals surface area contributed by atoms with E-state index in [2.05, 4.69) is 10.6 Å². The van der Waals surface area contributed by atoms with E-state index in [1.165, 1.54) is 13.1 Å². The Hall–Kier alpha value is -4.07. The first-order valence-electron chi connectivity index (χ1n) is 12.0. The molecular weight excluding hydrogens is 528 g/mol. The van der Waals surface area contributed by atoms with Crippen LogP contribution in [0.3, 0.4) is 0 Å². The van der Waals surface area contributed by atoms with Gasteiger partial charge in [-0.1, -0.05) is 6.07 Å². The first-order valence-corrected chi connectivity index (χ1v) is 12.0. The van der Waals surface area contributed by atoms with Gasteiger partial charge >= 0.3 is 18.3 Å². The molecule has 3 N–H and O–H groups in total. The lowest BCUT2D eigenvalue weighted by molar-refractivity contribution is -0.196. The fourth-order valence-corrected chi connectivity index (χ4v) is 5.22. The minimum Gasteiger partial charge on any atom is -0.491 e. The smallest absolute Gasteiger partial charge is 0.413 e. The number of fused-ring (bicyclic) bond motifs is 3. The molecule has 0 aromatic heterocycles. The highest BCUT2D eigenvalue weighted by molar-refractivity contribution is 5.89. The van der Waals surface area contributed by atoms with Gasteiger partial charge in [0.05, 0.1) is 6.54 Å². The van der Waals surface area contributed by atoms with Crippen LogP contribution in [0.5, 0.6) is 5.75 Å². The van der Waals surface area contributed by atoms with Crippen molar-refractivity contribution in [2.75, 3.05) is 25.5 Å². The van der Waals surface area contributed by atoms with Crippen LogP contribution in [-0.4, -0.2) is 71.6 Å². The molecule has 0 bridgehead atoms. The van der Waals surface area contributed by atoms with Crippen LogP contribution in [0.15, 0.2) is 36.4 Å². The Morgan fingerprint density at radius 2 is 1.95 bits per heavy atom. The number of benzene rings is 2. The number of nitrogens with zero attached hydrogens (tertiary/aromatic N) is 2. The number of ether oxygens (including phenoxy) is 2. The van der Waals surface area contributed by atoms with E-state index in [4.69, 9.17) is 9.47 Å². The van der Waals surface area contributed by atoms with E-state index in [1.807, 2.05) is 0 Å². The van der Waals surface area contributed by atoms with E-state index < -0.39 is 67.6 Å². The number of amides is 4. The summed E-state index contributed by atoms with van der Waals surface area (Å²) in [6, 6.07) is 5.17. The fourth-order valence-electron chi connectivity index (χ4n) is 5.22. The van der Waals surface area contributed by atoms with Crippen LogP contribution in [0.1, 0.15) is 23.1 Å². The molecule has 1 aliphatic carbocycles. The average molecular weight is 552 g/mol. The molecule has 3 aliphatic rings. The van der Waals surface area contributed by atoms with Crippen LogP contribution >= 0.6 is 0 Å². The van der Waals surface area contributed by atoms with Crippen molar-refractivity contribution >= 4 is 23.7 Å². The zero-order valence-electron chi connectivity index (χ0n) is 20.5. The number of hydrogen-bond donors (Lipinski definition) is 3. The number of aliphatic hydroxyl groups excluding tert-OH is 1. The standard InChI is InChI=1S/C25H24F4N4O6/c1-30-22(36)31-16-3-4-17-13(9-16)6-7-24(17)21(35)33(23(37)39-24)11-20(34)32-10-14-8-15(26)2-5-18(14)38-12-19(32)25(27,28)29/h2-5,8-9,19,21,35H,6-7,10-12H2,1H3,(H2,30,31,36)/t19-,21?,24-/m0/s1. The highest BCUT2D eigenvalue weighted by Gasteiger charge is 2.58. The second kappa shape index (κ2) is 9.59. The summed E-state index contributed by atoms with van der Waals surface area (Å²) in [6.07, 6.45) is -7.11. The lowest BCUT2D eigenvalue weighted by atomic mass is 9.93. The van der Waals surface area contributed by atoms with E-state index >= 15 is 0 Å². The highest BCUT2D eigenvalue weighted by atomic mass is 19.4. The molecule has 1 unspecified atom stereocenters. The van der Waals surface area contributed by atoms with Crippen LogP contribution in [-0.2, 0) is 28.1 Å². The average Bonchev–Trinajstić information content (AvgIpc) is 3.25. The number of nitrogens with one attached hydrogen (secondary N) is 2. The number of anilines is 1. The molecule has 39 heavy (non-hydrogen) atoms. The van der Waals surface area contributed by atoms with Crippen molar-refractivity contribution in [3.8, 4) is 5.75 Å². The molecule has 1 spiro atoms. The Labute approximate surface area is 219 Å². The maximum atomic E-state index is 13.9. The Kier molecular flexibility index (Phi) is 6.53. The van der Waals surface area contributed by atoms with Gasteiger partial charge in [0.15, 0.2) is 17.9 Å². The molecule has 208 valence electrons. The second-order valence-electron chi connectivity index (χ2n) is 9.48. The molecule has 2 heterocycles. The Morgan fingerprint density at radius 3 is 2.67 bits per heavy atom.